The number of hydrogen-bond donors (Lipinski definition) is 1. The third-order valence-corrected chi connectivity index (χ3v) is 4.25. The monoisotopic (exact) mass is 347 g/mol. The van der Waals surface area contributed by atoms with E-state index in [1.807, 2.05) is 42.5 Å². The maximum Gasteiger partial charge on any atom is 0.268 e. The molecule has 6 heteroatoms. The van der Waals surface area contributed by atoms with Crippen LogP contribution in [0.2, 0.25) is 0 Å². The highest BCUT2D eigenvalue weighted by Crippen LogP contribution is 2.33. The van der Waals surface area contributed by atoms with E-state index in [9.17, 15) is 9.59 Å². The Morgan fingerprint density at radius 2 is 1.96 bits per heavy atom. The molecular weight excluding hydrogens is 330 g/mol. The summed E-state index contributed by atoms with van der Waals surface area (Å²) >= 11 is 0. The molecule has 4 rings (SSSR count). The van der Waals surface area contributed by atoms with Crippen molar-refractivity contribution in [3.05, 3.63) is 60.8 Å². The largest absolute Gasteiger partial charge is 0.479 e. The number of hydrogen-bond acceptors (Lipinski definition) is 4. The molecule has 26 heavy (non-hydrogen) atoms. The SMILES string of the molecule is CC1Oc2ccccc2N(CC(=O)Nc2cnc3ccccc3c2)C1=O. The van der Waals surface area contributed by atoms with Crippen LogP contribution in [-0.2, 0) is 9.59 Å². The van der Waals surface area contributed by atoms with Gasteiger partial charge in [-0.25, -0.2) is 0 Å². The second-order valence-electron chi connectivity index (χ2n) is 6.12. The molecule has 1 aromatic heterocycles. The molecule has 2 aromatic carbocycles. The van der Waals surface area contributed by atoms with Crippen LogP contribution in [0.3, 0.4) is 0 Å². The summed E-state index contributed by atoms with van der Waals surface area (Å²) in [4.78, 5) is 30.7. The first-order chi connectivity index (χ1) is 12.6. The lowest BCUT2D eigenvalue weighted by atomic mass is 10.2. The molecule has 0 bridgehead atoms. The Morgan fingerprint density at radius 1 is 1.19 bits per heavy atom. The second kappa shape index (κ2) is 6.48. The molecule has 1 aliphatic rings. The highest BCUT2D eigenvalue weighted by molar-refractivity contribution is 6.06. The van der Waals surface area contributed by atoms with Gasteiger partial charge in [-0.1, -0.05) is 30.3 Å². The number of nitrogens with zero attached hydrogens (tertiary/aromatic N) is 2. The number of aromatic nitrogens is 1. The molecule has 1 aliphatic heterocycles. The summed E-state index contributed by atoms with van der Waals surface area (Å²) < 4.78 is 5.59. The zero-order chi connectivity index (χ0) is 18.1. The molecule has 0 spiro atoms. The maximum absolute atomic E-state index is 12.5. The molecule has 2 amide bonds. The van der Waals surface area contributed by atoms with E-state index in [-0.39, 0.29) is 18.4 Å². The number of amides is 2. The number of benzene rings is 2. The van der Waals surface area contributed by atoms with Crippen LogP contribution in [0.5, 0.6) is 5.75 Å². The fraction of sp³-hybridized carbons (Fsp3) is 0.150. The normalized spacial score (nSPS) is 16.1. The fourth-order valence-electron chi connectivity index (χ4n) is 3.01. The lowest BCUT2D eigenvalue weighted by Gasteiger charge is -2.32. The number of para-hydroxylation sites is 3. The summed E-state index contributed by atoms with van der Waals surface area (Å²) in [6.45, 7) is 1.59. The van der Waals surface area contributed by atoms with Gasteiger partial charge in [-0.15, -0.1) is 0 Å². The Morgan fingerprint density at radius 3 is 2.85 bits per heavy atom. The Hall–Kier alpha value is -3.41. The van der Waals surface area contributed by atoms with E-state index < -0.39 is 6.10 Å². The molecule has 2 heterocycles. The van der Waals surface area contributed by atoms with Gasteiger partial charge in [0.2, 0.25) is 5.91 Å². The lowest BCUT2D eigenvalue weighted by Crippen LogP contribution is -2.47. The first kappa shape index (κ1) is 16.1. The standard InChI is InChI=1S/C20H17N3O3/c1-13-20(25)23(17-8-4-5-9-18(17)26-13)12-19(24)22-15-10-14-6-2-3-7-16(14)21-11-15/h2-11,13H,12H2,1H3,(H,22,24). The van der Waals surface area contributed by atoms with Crippen LogP contribution < -0.4 is 15.0 Å². The maximum atomic E-state index is 12.5. The number of fused-ring (bicyclic) bond motifs is 2. The van der Waals surface area contributed by atoms with Crippen molar-refractivity contribution in [1.82, 2.24) is 4.98 Å². The number of anilines is 2. The van der Waals surface area contributed by atoms with Gasteiger partial charge in [0.05, 0.1) is 23.1 Å². The van der Waals surface area contributed by atoms with Crippen LogP contribution in [0.15, 0.2) is 60.8 Å². The van der Waals surface area contributed by atoms with E-state index in [0.717, 1.165) is 10.9 Å². The molecule has 1 N–H and O–H groups in total. The molecule has 0 saturated carbocycles. The highest BCUT2D eigenvalue weighted by atomic mass is 16.5. The Labute approximate surface area is 150 Å². The van der Waals surface area contributed by atoms with Crippen LogP contribution >= 0.6 is 0 Å². The molecule has 0 radical (unpaired) electrons. The van der Waals surface area contributed by atoms with Crippen LogP contribution in [0.1, 0.15) is 6.92 Å². The average Bonchev–Trinajstić information content (AvgIpc) is 2.65. The van der Waals surface area contributed by atoms with Crippen molar-refractivity contribution in [2.75, 3.05) is 16.8 Å². The summed E-state index contributed by atoms with van der Waals surface area (Å²) in [7, 11) is 0. The smallest absolute Gasteiger partial charge is 0.268 e. The summed E-state index contributed by atoms with van der Waals surface area (Å²) in [6, 6.07) is 16.7. The zero-order valence-corrected chi connectivity index (χ0v) is 14.2. The van der Waals surface area contributed by atoms with Gasteiger partial charge in [0.25, 0.3) is 5.91 Å². The van der Waals surface area contributed by atoms with E-state index in [1.165, 1.54) is 4.90 Å². The zero-order valence-electron chi connectivity index (χ0n) is 14.2. The molecule has 6 nitrogen and oxygen atoms in total. The van der Waals surface area contributed by atoms with Gasteiger partial charge in [0.15, 0.2) is 6.10 Å². The fourth-order valence-corrected chi connectivity index (χ4v) is 3.01. The number of pyridine rings is 1. The number of carbonyl (C=O) groups is 2. The van der Waals surface area contributed by atoms with Gasteiger partial charge in [-0.2, -0.15) is 0 Å². The van der Waals surface area contributed by atoms with Crippen molar-refractivity contribution in [2.24, 2.45) is 0 Å². The number of nitrogens with one attached hydrogen (secondary N) is 1. The van der Waals surface area contributed by atoms with Crippen molar-refractivity contribution >= 4 is 34.1 Å². The minimum atomic E-state index is -0.625. The van der Waals surface area contributed by atoms with E-state index in [0.29, 0.717) is 17.1 Å². The number of carbonyl (C=O) groups excluding carboxylic acids is 2. The highest BCUT2D eigenvalue weighted by Gasteiger charge is 2.32. The van der Waals surface area contributed by atoms with Crippen LogP contribution in [0.4, 0.5) is 11.4 Å². The van der Waals surface area contributed by atoms with E-state index in [1.54, 1.807) is 25.3 Å². The van der Waals surface area contributed by atoms with Crippen LogP contribution in [0.25, 0.3) is 10.9 Å². The van der Waals surface area contributed by atoms with Crippen molar-refractivity contribution in [3.63, 3.8) is 0 Å². The predicted octanol–water partition coefficient (Wildman–Crippen LogP) is 2.99. The molecular formula is C20H17N3O3. The molecule has 0 saturated heterocycles. The first-order valence-electron chi connectivity index (χ1n) is 8.33. The Balaban J connectivity index is 1.54. The minimum absolute atomic E-state index is 0.0869. The predicted molar refractivity (Wildman–Crippen MR) is 99.3 cm³/mol. The van der Waals surface area contributed by atoms with Crippen LogP contribution in [-0.4, -0.2) is 29.4 Å². The Kier molecular flexibility index (Phi) is 4.01. The van der Waals surface area contributed by atoms with Gasteiger partial charge in [0.1, 0.15) is 12.3 Å². The van der Waals surface area contributed by atoms with E-state index >= 15 is 0 Å². The van der Waals surface area contributed by atoms with Crippen molar-refractivity contribution in [2.45, 2.75) is 13.0 Å². The Bertz CT molecular complexity index is 1000. The third kappa shape index (κ3) is 2.97. The lowest BCUT2D eigenvalue weighted by molar-refractivity contribution is -0.127. The quantitative estimate of drug-likeness (QED) is 0.791. The topological polar surface area (TPSA) is 71.5 Å². The van der Waals surface area contributed by atoms with Gasteiger partial charge in [-0.3, -0.25) is 19.5 Å². The molecule has 1 atom stereocenters. The van der Waals surface area contributed by atoms with E-state index in [4.69, 9.17) is 4.74 Å². The molecule has 1 unspecified atom stereocenters. The van der Waals surface area contributed by atoms with Gasteiger partial charge < -0.3 is 10.1 Å². The first-order valence-corrected chi connectivity index (χ1v) is 8.33. The molecule has 0 fully saturated rings. The number of rotatable bonds is 3. The molecule has 130 valence electrons. The van der Waals surface area contributed by atoms with E-state index in [2.05, 4.69) is 10.3 Å². The second-order valence-corrected chi connectivity index (χ2v) is 6.12. The van der Waals surface area contributed by atoms with Crippen molar-refractivity contribution in [3.8, 4) is 5.75 Å². The third-order valence-electron chi connectivity index (χ3n) is 4.25. The van der Waals surface area contributed by atoms with Crippen LogP contribution in [0, 0.1) is 0 Å². The van der Waals surface area contributed by atoms with Gasteiger partial charge >= 0.3 is 0 Å². The van der Waals surface area contributed by atoms with Gasteiger partial charge in [-0.05, 0) is 31.2 Å². The van der Waals surface area contributed by atoms with Crippen molar-refractivity contribution in [1.29, 1.82) is 0 Å². The average molecular weight is 347 g/mol. The minimum Gasteiger partial charge on any atom is -0.479 e. The summed E-state index contributed by atoms with van der Waals surface area (Å²) in [6.07, 6.45) is 0.984. The van der Waals surface area contributed by atoms with Gasteiger partial charge in [0, 0.05) is 5.39 Å². The summed E-state index contributed by atoms with van der Waals surface area (Å²) in [5, 5.41) is 3.75. The number of ether oxygens (including phenoxy) is 1. The molecule has 0 aliphatic carbocycles. The summed E-state index contributed by atoms with van der Waals surface area (Å²) in [5.41, 5.74) is 2.05. The van der Waals surface area contributed by atoms with Crippen molar-refractivity contribution < 1.29 is 14.3 Å². The summed E-state index contributed by atoms with van der Waals surface area (Å²) in [5.74, 6) is 0.0644. The molecule has 3 aromatic rings.